The van der Waals surface area contributed by atoms with Crippen LogP contribution >= 0.6 is 11.8 Å². The average molecular weight is 403 g/mol. The molecule has 0 bridgehead atoms. The van der Waals surface area contributed by atoms with Gasteiger partial charge in [0.15, 0.2) is 0 Å². The van der Waals surface area contributed by atoms with Crippen LogP contribution in [0.5, 0.6) is 0 Å². The minimum absolute atomic E-state index is 0.0347. The van der Waals surface area contributed by atoms with Crippen LogP contribution in [0.4, 0.5) is 10.1 Å². The summed E-state index contributed by atoms with van der Waals surface area (Å²) in [5.74, 6) is -1.64. The first-order chi connectivity index (χ1) is 14.0. The molecule has 3 aromatic carbocycles. The third kappa shape index (κ3) is 3.49. The molecule has 1 heterocycles. The van der Waals surface area contributed by atoms with Crippen molar-refractivity contribution in [1.29, 1.82) is 0 Å². The van der Waals surface area contributed by atoms with Crippen LogP contribution in [0, 0.1) is 19.7 Å². The predicted octanol–water partition coefficient (Wildman–Crippen LogP) is 5.52. The number of carbonyl (C=O) groups is 2. The summed E-state index contributed by atoms with van der Waals surface area (Å²) in [4.78, 5) is 28.7. The molecule has 144 valence electrons. The molecule has 0 aromatic heterocycles. The zero-order chi connectivity index (χ0) is 20.5. The minimum atomic E-state index is -0.611. The average Bonchev–Trinajstić information content (AvgIpc) is 2.95. The molecule has 0 saturated carbocycles. The van der Waals surface area contributed by atoms with E-state index in [2.05, 4.69) is 0 Å². The van der Waals surface area contributed by atoms with Crippen molar-refractivity contribution in [1.82, 2.24) is 0 Å². The van der Waals surface area contributed by atoms with Gasteiger partial charge < -0.3 is 0 Å². The molecule has 1 aliphatic heterocycles. The van der Waals surface area contributed by atoms with Crippen molar-refractivity contribution in [3.63, 3.8) is 0 Å². The SMILES string of the molecule is Cc1ccc(C2=C(Sc3ccccc3)C(=O)N(c3ccccc3F)C2=O)cc1C. The van der Waals surface area contributed by atoms with E-state index in [9.17, 15) is 14.0 Å². The number of carbonyl (C=O) groups excluding carboxylic acids is 2. The van der Waals surface area contributed by atoms with Gasteiger partial charge in [0.25, 0.3) is 11.8 Å². The summed E-state index contributed by atoms with van der Waals surface area (Å²) in [6.07, 6.45) is 0. The molecule has 0 fully saturated rings. The maximum absolute atomic E-state index is 14.4. The van der Waals surface area contributed by atoms with Crippen molar-refractivity contribution in [2.24, 2.45) is 0 Å². The second-order valence-corrected chi connectivity index (χ2v) is 7.90. The minimum Gasteiger partial charge on any atom is -0.268 e. The number of amides is 2. The summed E-state index contributed by atoms with van der Waals surface area (Å²) in [6, 6.07) is 20.8. The fraction of sp³-hybridized carbons (Fsp3) is 0.0833. The number of hydrogen-bond acceptors (Lipinski definition) is 3. The van der Waals surface area contributed by atoms with Crippen LogP contribution in [0.3, 0.4) is 0 Å². The van der Waals surface area contributed by atoms with Crippen molar-refractivity contribution in [3.8, 4) is 0 Å². The number of thioether (sulfide) groups is 1. The molecule has 29 heavy (non-hydrogen) atoms. The second-order valence-electron chi connectivity index (χ2n) is 6.82. The lowest BCUT2D eigenvalue weighted by molar-refractivity contribution is -0.119. The Bertz CT molecular complexity index is 1150. The van der Waals surface area contributed by atoms with Crippen LogP contribution in [0.15, 0.2) is 82.6 Å². The summed E-state index contributed by atoms with van der Waals surface area (Å²) < 4.78 is 14.4. The van der Waals surface area contributed by atoms with Gasteiger partial charge in [-0.3, -0.25) is 9.59 Å². The van der Waals surface area contributed by atoms with E-state index in [4.69, 9.17) is 0 Å². The monoisotopic (exact) mass is 403 g/mol. The first kappa shape index (κ1) is 19.2. The van der Waals surface area contributed by atoms with Crippen molar-refractivity contribution < 1.29 is 14.0 Å². The van der Waals surface area contributed by atoms with E-state index in [1.54, 1.807) is 6.07 Å². The maximum atomic E-state index is 14.4. The maximum Gasteiger partial charge on any atom is 0.273 e. The molecule has 1 aliphatic rings. The summed E-state index contributed by atoms with van der Waals surface area (Å²) in [7, 11) is 0. The molecule has 0 aliphatic carbocycles. The molecule has 0 atom stereocenters. The Balaban J connectivity index is 1.87. The van der Waals surface area contributed by atoms with E-state index in [0.717, 1.165) is 20.9 Å². The standard InChI is InChI=1S/C24H18FNO2S/c1-15-12-13-17(14-16(15)2)21-22(29-18-8-4-3-5-9-18)24(28)26(23(21)27)20-11-7-6-10-19(20)25/h3-14H,1-2H3. The van der Waals surface area contributed by atoms with Gasteiger partial charge in [-0.2, -0.15) is 0 Å². The third-order valence-corrected chi connectivity index (χ3v) is 5.98. The molecular weight excluding hydrogens is 385 g/mol. The molecule has 3 nitrogen and oxygen atoms in total. The van der Waals surface area contributed by atoms with Crippen LogP contribution in [-0.2, 0) is 9.59 Å². The lowest BCUT2D eigenvalue weighted by atomic mass is 10.0. The van der Waals surface area contributed by atoms with Crippen LogP contribution in [0.2, 0.25) is 0 Å². The van der Waals surface area contributed by atoms with Crippen LogP contribution < -0.4 is 4.90 Å². The van der Waals surface area contributed by atoms with Gasteiger partial charge in [-0.25, -0.2) is 9.29 Å². The molecule has 4 rings (SSSR count). The molecule has 3 aromatic rings. The zero-order valence-electron chi connectivity index (χ0n) is 16.0. The predicted molar refractivity (Wildman–Crippen MR) is 114 cm³/mol. The zero-order valence-corrected chi connectivity index (χ0v) is 16.8. The molecule has 5 heteroatoms. The molecule has 2 amide bonds. The molecule has 0 radical (unpaired) electrons. The van der Waals surface area contributed by atoms with Crippen molar-refractivity contribution in [2.75, 3.05) is 4.90 Å². The van der Waals surface area contributed by atoms with E-state index < -0.39 is 17.6 Å². The third-order valence-electron chi connectivity index (χ3n) is 4.89. The second kappa shape index (κ2) is 7.68. The summed E-state index contributed by atoms with van der Waals surface area (Å²) in [5.41, 5.74) is 3.03. The number of benzene rings is 3. The van der Waals surface area contributed by atoms with Gasteiger partial charge in [0.1, 0.15) is 5.82 Å². The number of rotatable bonds is 4. The summed E-state index contributed by atoms with van der Waals surface area (Å²) >= 11 is 1.23. The van der Waals surface area contributed by atoms with Crippen molar-refractivity contribution in [3.05, 3.63) is 100 Å². The largest absolute Gasteiger partial charge is 0.273 e. The van der Waals surface area contributed by atoms with Crippen molar-refractivity contribution in [2.45, 2.75) is 18.7 Å². The Kier molecular flexibility index (Phi) is 5.07. The van der Waals surface area contributed by atoms with Gasteiger partial charge in [-0.1, -0.05) is 60.3 Å². The Morgan fingerprint density at radius 3 is 2.17 bits per heavy atom. The van der Waals surface area contributed by atoms with Crippen molar-refractivity contribution >= 4 is 34.8 Å². The van der Waals surface area contributed by atoms with Gasteiger partial charge in [0, 0.05) is 4.90 Å². The highest BCUT2D eigenvalue weighted by Gasteiger charge is 2.41. The number of halogens is 1. The summed E-state index contributed by atoms with van der Waals surface area (Å²) in [5, 5.41) is 0. The van der Waals surface area contributed by atoms with Crippen LogP contribution in [0.1, 0.15) is 16.7 Å². The fourth-order valence-corrected chi connectivity index (χ4v) is 4.23. The lowest BCUT2D eigenvalue weighted by Gasteiger charge is -2.16. The molecular formula is C24H18FNO2S. The van der Waals surface area contributed by atoms with Gasteiger partial charge in [0.2, 0.25) is 0 Å². The Hall–Kier alpha value is -3.18. The van der Waals surface area contributed by atoms with E-state index in [0.29, 0.717) is 16.0 Å². The quantitative estimate of drug-likeness (QED) is 0.538. The smallest absolute Gasteiger partial charge is 0.268 e. The molecule has 0 spiro atoms. The number of para-hydroxylation sites is 1. The number of aryl methyl sites for hydroxylation is 2. The molecule has 0 saturated heterocycles. The van der Waals surface area contributed by atoms with E-state index in [1.807, 2.05) is 62.4 Å². The van der Waals surface area contributed by atoms with Gasteiger partial charge in [-0.15, -0.1) is 0 Å². The number of anilines is 1. The van der Waals surface area contributed by atoms with Crippen LogP contribution in [0.25, 0.3) is 5.57 Å². The highest BCUT2D eigenvalue weighted by atomic mass is 32.2. The summed E-state index contributed by atoms with van der Waals surface area (Å²) in [6.45, 7) is 3.94. The number of hydrogen-bond donors (Lipinski definition) is 0. The Labute approximate surface area is 172 Å². The Morgan fingerprint density at radius 2 is 1.48 bits per heavy atom. The van der Waals surface area contributed by atoms with Gasteiger partial charge >= 0.3 is 0 Å². The number of nitrogens with zero attached hydrogens (tertiary/aromatic N) is 1. The molecule has 0 unspecified atom stereocenters. The fourth-order valence-electron chi connectivity index (χ4n) is 3.21. The first-order valence-corrected chi connectivity index (χ1v) is 9.97. The first-order valence-electron chi connectivity index (χ1n) is 9.15. The Morgan fingerprint density at radius 1 is 0.793 bits per heavy atom. The van der Waals surface area contributed by atoms with E-state index >= 15 is 0 Å². The van der Waals surface area contributed by atoms with Gasteiger partial charge in [0.05, 0.1) is 16.2 Å². The highest BCUT2D eigenvalue weighted by molar-refractivity contribution is 8.04. The highest BCUT2D eigenvalue weighted by Crippen LogP contribution is 2.42. The van der Waals surface area contributed by atoms with E-state index in [1.165, 1.54) is 30.0 Å². The van der Waals surface area contributed by atoms with E-state index in [-0.39, 0.29) is 5.69 Å². The van der Waals surface area contributed by atoms with Crippen LogP contribution in [-0.4, -0.2) is 11.8 Å². The topological polar surface area (TPSA) is 37.4 Å². The lowest BCUT2D eigenvalue weighted by Crippen LogP contribution is -2.32. The van der Waals surface area contributed by atoms with Gasteiger partial charge in [-0.05, 0) is 54.8 Å². The molecule has 0 N–H and O–H groups in total. The number of imide groups is 1. The normalized spacial score (nSPS) is 14.1.